The summed E-state index contributed by atoms with van der Waals surface area (Å²) in [7, 11) is -1.42. The van der Waals surface area contributed by atoms with Crippen LogP contribution in [-0.4, -0.2) is 87.6 Å². The highest BCUT2D eigenvalue weighted by atomic mass is 28.4. The zero-order valence-corrected chi connectivity index (χ0v) is 17.1. The summed E-state index contributed by atoms with van der Waals surface area (Å²) in [4.78, 5) is 0. The molecule has 0 fully saturated rings. The molecule has 0 aromatic heterocycles. The minimum absolute atomic E-state index is 0.518. The van der Waals surface area contributed by atoms with Gasteiger partial charge in [0.25, 0.3) is 0 Å². The van der Waals surface area contributed by atoms with Crippen LogP contribution in [-0.2, 0) is 32.8 Å². The summed E-state index contributed by atoms with van der Waals surface area (Å²) in [6.45, 7) is 16.7. The molecular weight excluding hydrogens is 344 g/mol. The van der Waals surface area contributed by atoms with E-state index in [2.05, 4.69) is 26.2 Å². The van der Waals surface area contributed by atoms with Crippen molar-refractivity contribution in [2.24, 2.45) is 0 Å². The molecule has 0 aromatic rings. The van der Waals surface area contributed by atoms with Gasteiger partial charge in [-0.3, -0.25) is 0 Å². The number of hydrogen-bond acceptors (Lipinski definition) is 7. The second-order valence-corrected chi connectivity index (χ2v) is 10.6. The van der Waals surface area contributed by atoms with Gasteiger partial charge >= 0.3 is 0 Å². The third-order valence-electron chi connectivity index (χ3n) is 2.71. The average molecular weight is 381 g/mol. The molecule has 25 heavy (non-hydrogen) atoms. The van der Waals surface area contributed by atoms with E-state index < -0.39 is 8.32 Å². The predicted octanol–water partition coefficient (Wildman–Crippen LogP) is 2.08. The van der Waals surface area contributed by atoms with Crippen LogP contribution in [0, 0.1) is 0 Å². The van der Waals surface area contributed by atoms with Crippen molar-refractivity contribution in [3.05, 3.63) is 12.8 Å². The molecule has 7 nitrogen and oxygen atoms in total. The summed E-state index contributed by atoms with van der Waals surface area (Å²) in [6.07, 6.45) is 1.40. The Balaban J connectivity index is 3.02. The van der Waals surface area contributed by atoms with Crippen molar-refractivity contribution in [3.8, 4) is 0 Å². The molecule has 0 aliphatic rings. The molecule has 0 radical (unpaired) electrons. The van der Waals surface area contributed by atoms with E-state index >= 15 is 0 Å². The highest BCUT2D eigenvalue weighted by molar-refractivity contribution is 6.69. The maximum atomic E-state index is 5.68. The largest absolute Gasteiger partial charge is 0.499 e. The van der Waals surface area contributed by atoms with E-state index in [0.29, 0.717) is 79.3 Å². The Morgan fingerprint density at radius 3 is 1.20 bits per heavy atom. The fourth-order valence-electron chi connectivity index (χ4n) is 1.58. The maximum Gasteiger partial charge on any atom is 0.183 e. The van der Waals surface area contributed by atoms with Crippen molar-refractivity contribution >= 4 is 8.32 Å². The summed E-state index contributed by atoms with van der Waals surface area (Å²) in [6, 6.07) is 0. The summed E-state index contributed by atoms with van der Waals surface area (Å²) in [5, 5.41) is 0. The number of ether oxygens (including phenoxy) is 6. The van der Waals surface area contributed by atoms with Crippen LogP contribution in [0.5, 0.6) is 0 Å². The molecule has 8 heteroatoms. The lowest BCUT2D eigenvalue weighted by Crippen LogP contribution is -2.27. The minimum Gasteiger partial charge on any atom is -0.499 e. The van der Waals surface area contributed by atoms with Crippen molar-refractivity contribution < 1.29 is 32.8 Å². The monoisotopic (exact) mass is 380 g/mol. The molecule has 0 saturated carbocycles. The Hall–Kier alpha value is -0.483. The molecule has 0 spiro atoms. The van der Waals surface area contributed by atoms with Gasteiger partial charge in [-0.15, -0.1) is 0 Å². The first-order valence-corrected chi connectivity index (χ1v) is 12.2. The summed E-state index contributed by atoms with van der Waals surface area (Å²) in [5.74, 6) is 0. The summed E-state index contributed by atoms with van der Waals surface area (Å²) < 4.78 is 37.5. The van der Waals surface area contributed by atoms with Gasteiger partial charge in [0, 0.05) is 0 Å². The first kappa shape index (κ1) is 24.5. The zero-order valence-electron chi connectivity index (χ0n) is 16.1. The van der Waals surface area contributed by atoms with E-state index in [1.165, 1.54) is 6.26 Å². The smallest absolute Gasteiger partial charge is 0.183 e. The Kier molecular flexibility index (Phi) is 18.0. The fraction of sp³-hybridized carbons (Fsp3) is 0.882. The highest BCUT2D eigenvalue weighted by Gasteiger charge is 2.12. The van der Waals surface area contributed by atoms with Gasteiger partial charge in [-0.25, -0.2) is 0 Å². The molecule has 0 rings (SSSR count). The van der Waals surface area contributed by atoms with Crippen molar-refractivity contribution in [3.63, 3.8) is 0 Å². The SMILES string of the molecule is C=COCCOCCOCCOCCOCCOCCO[Si](C)(C)C. The lowest BCUT2D eigenvalue weighted by atomic mass is 10.7. The molecular formula is C17H36O7Si. The average Bonchev–Trinajstić information content (AvgIpc) is 2.56. The minimum atomic E-state index is -1.42. The quantitative estimate of drug-likeness (QED) is 0.182. The fourth-order valence-corrected chi connectivity index (χ4v) is 2.27. The zero-order chi connectivity index (χ0) is 18.6. The van der Waals surface area contributed by atoms with Crippen molar-refractivity contribution in [2.75, 3.05) is 79.3 Å². The van der Waals surface area contributed by atoms with Crippen molar-refractivity contribution in [1.29, 1.82) is 0 Å². The van der Waals surface area contributed by atoms with Gasteiger partial charge in [0.2, 0.25) is 0 Å². The number of rotatable bonds is 20. The molecule has 0 aliphatic heterocycles. The van der Waals surface area contributed by atoms with Gasteiger partial charge in [-0.1, -0.05) is 6.58 Å². The van der Waals surface area contributed by atoms with Gasteiger partial charge in [-0.2, -0.15) is 0 Å². The van der Waals surface area contributed by atoms with Crippen molar-refractivity contribution in [2.45, 2.75) is 19.6 Å². The molecule has 0 N–H and O–H groups in total. The molecule has 0 aliphatic carbocycles. The first-order valence-electron chi connectivity index (χ1n) is 8.81. The Morgan fingerprint density at radius 1 is 0.560 bits per heavy atom. The lowest BCUT2D eigenvalue weighted by Gasteiger charge is -2.16. The normalized spacial score (nSPS) is 11.6. The van der Waals surface area contributed by atoms with E-state index in [1.54, 1.807) is 0 Å². The summed E-state index contributed by atoms with van der Waals surface area (Å²) in [5.41, 5.74) is 0. The second kappa shape index (κ2) is 18.3. The van der Waals surface area contributed by atoms with Crippen LogP contribution in [0.2, 0.25) is 19.6 Å². The standard InChI is InChI=1S/C17H36O7Si/c1-5-18-6-7-19-8-9-20-10-11-21-12-13-22-14-15-23-16-17-24-25(2,3)4/h5H,1,6-17H2,2-4H3. The van der Waals surface area contributed by atoms with E-state index in [1.807, 2.05) is 0 Å². The van der Waals surface area contributed by atoms with Crippen LogP contribution in [0.25, 0.3) is 0 Å². The molecule has 150 valence electrons. The van der Waals surface area contributed by atoms with Crippen LogP contribution in [0.3, 0.4) is 0 Å². The Labute approximate surface area is 153 Å². The Bertz CT molecular complexity index is 285. The van der Waals surface area contributed by atoms with E-state index in [9.17, 15) is 0 Å². The first-order chi connectivity index (χ1) is 12.1. The van der Waals surface area contributed by atoms with Crippen LogP contribution in [0.1, 0.15) is 0 Å². The Morgan fingerprint density at radius 2 is 0.880 bits per heavy atom. The summed E-state index contributed by atoms with van der Waals surface area (Å²) >= 11 is 0. The van der Waals surface area contributed by atoms with Gasteiger partial charge in [0.15, 0.2) is 8.32 Å². The molecule has 0 unspecified atom stereocenters. The van der Waals surface area contributed by atoms with Crippen LogP contribution < -0.4 is 0 Å². The van der Waals surface area contributed by atoms with Gasteiger partial charge < -0.3 is 32.8 Å². The topological polar surface area (TPSA) is 64.6 Å². The van der Waals surface area contributed by atoms with E-state index in [4.69, 9.17) is 32.8 Å². The molecule has 0 saturated heterocycles. The third-order valence-corrected chi connectivity index (χ3v) is 3.78. The highest BCUT2D eigenvalue weighted by Crippen LogP contribution is 2.01. The predicted molar refractivity (Wildman–Crippen MR) is 99.5 cm³/mol. The molecule has 0 heterocycles. The van der Waals surface area contributed by atoms with Gasteiger partial charge in [0.05, 0.1) is 78.9 Å². The van der Waals surface area contributed by atoms with Crippen LogP contribution in [0.4, 0.5) is 0 Å². The molecule has 0 bridgehead atoms. The van der Waals surface area contributed by atoms with Gasteiger partial charge in [0.1, 0.15) is 6.61 Å². The molecule has 0 atom stereocenters. The van der Waals surface area contributed by atoms with Gasteiger partial charge in [-0.05, 0) is 19.6 Å². The maximum absolute atomic E-state index is 5.68. The lowest BCUT2D eigenvalue weighted by molar-refractivity contribution is -0.0151. The van der Waals surface area contributed by atoms with Crippen LogP contribution >= 0.6 is 0 Å². The second-order valence-electron chi connectivity index (χ2n) is 6.06. The van der Waals surface area contributed by atoms with E-state index in [-0.39, 0.29) is 0 Å². The van der Waals surface area contributed by atoms with Crippen molar-refractivity contribution in [1.82, 2.24) is 0 Å². The van der Waals surface area contributed by atoms with E-state index in [0.717, 1.165) is 0 Å². The third kappa shape index (κ3) is 23.5. The number of hydrogen-bond donors (Lipinski definition) is 0. The molecule has 0 amide bonds. The molecule has 0 aromatic carbocycles. The van der Waals surface area contributed by atoms with Crippen LogP contribution in [0.15, 0.2) is 12.8 Å².